The van der Waals surface area contributed by atoms with Crippen molar-refractivity contribution in [3.8, 4) is 73.9 Å². The molecule has 0 radical (unpaired) electrons. The van der Waals surface area contributed by atoms with E-state index in [1.807, 2.05) is 48.5 Å². The molecular formula is C74H68N6. The molecule has 0 aliphatic rings. The summed E-state index contributed by atoms with van der Waals surface area (Å²) < 4.78 is 4.97. The highest BCUT2D eigenvalue weighted by Crippen LogP contribution is 2.47. The first-order valence-corrected chi connectivity index (χ1v) is 28.0. The number of fused-ring (bicyclic) bond motifs is 6. The first-order valence-electron chi connectivity index (χ1n) is 28.0. The van der Waals surface area contributed by atoms with Gasteiger partial charge in [0.25, 0.3) is 0 Å². The largest absolute Gasteiger partial charge is 0.309 e. The van der Waals surface area contributed by atoms with Crippen LogP contribution in [0.1, 0.15) is 111 Å². The lowest BCUT2D eigenvalue weighted by molar-refractivity contribution is 0.590. The SMILES string of the molecule is CC(C)(C)c1ccc2c(c1)c1cc(C(C)(C)C)ccc1n2-c1ccc(-c2ccc(C#N)cc2)cc1-c1cccc(-c2nc(-c3ccccc3)nc(-c3ccccc3)n2)c1-n1c2ccc(C(C)(C)C)cc2c2cc(C(C)(C)C)ccc21. The summed E-state index contributed by atoms with van der Waals surface area (Å²) in [4.78, 5) is 16.2. The molecule has 0 amide bonds. The Morgan fingerprint density at radius 2 is 0.713 bits per heavy atom. The number of rotatable bonds is 7. The molecule has 0 spiro atoms. The highest BCUT2D eigenvalue weighted by Gasteiger charge is 2.29. The van der Waals surface area contributed by atoms with Crippen molar-refractivity contribution in [1.82, 2.24) is 24.1 Å². The number of hydrogen-bond acceptors (Lipinski definition) is 4. The van der Waals surface area contributed by atoms with Crippen LogP contribution in [-0.2, 0) is 21.7 Å². The van der Waals surface area contributed by atoms with Crippen LogP contribution in [0.2, 0.25) is 0 Å². The van der Waals surface area contributed by atoms with Crippen LogP contribution in [-0.4, -0.2) is 24.1 Å². The Labute approximate surface area is 471 Å². The Morgan fingerprint density at radius 3 is 1.12 bits per heavy atom. The summed E-state index contributed by atoms with van der Waals surface area (Å²) in [7, 11) is 0. The third kappa shape index (κ3) is 9.25. The van der Waals surface area contributed by atoms with Gasteiger partial charge in [0.1, 0.15) is 0 Å². The molecule has 394 valence electrons. The van der Waals surface area contributed by atoms with Crippen molar-refractivity contribution < 1.29 is 0 Å². The fraction of sp³-hybridized carbons (Fsp3) is 0.216. The Balaban J connectivity index is 1.26. The van der Waals surface area contributed by atoms with E-state index < -0.39 is 0 Å². The summed E-state index contributed by atoms with van der Waals surface area (Å²) in [6, 6.07) is 72.5. The van der Waals surface area contributed by atoms with Gasteiger partial charge < -0.3 is 9.13 Å². The Bertz CT molecular complexity index is 4230. The number of nitriles is 1. The molecule has 0 bridgehead atoms. The fourth-order valence-corrected chi connectivity index (χ4v) is 11.4. The summed E-state index contributed by atoms with van der Waals surface area (Å²) in [6.07, 6.45) is 0. The second kappa shape index (κ2) is 19.2. The van der Waals surface area contributed by atoms with Gasteiger partial charge in [0.2, 0.25) is 0 Å². The first-order chi connectivity index (χ1) is 38.1. The maximum atomic E-state index is 9.93. The fourth-order valence-electron chi connectivity index (χ4n) is 11.4. The molecule has 0 fully saturated rings. The van der Waals surface area contributed by atoms with Crippen LogP contribution in [0, 0.1) is 11.3 Å². The Kier molecular flexibility index (Phi) is 12.4. The second-order valence-corrected chi connectivity index (χ2v) is 25.8. The van der Waals surface area contributed by atoms with Gasteiger partial charge in [-0.15, -0.1) is 0 Å². The minimum atomic E-state index is -0.0930. The van der Waals surface area contributed by atoms with Crippen molar-refractivity contribution in [2.24, 2.45) is 0 Å². The molecule has 0 aliphatic heterocycles. The predicted octanol–water partition coefficient (Wildman–Crippen LogP) is 19.5. The lowest BCUT2D eigenvalue weighted by atomic mass is 9.85. The molecule has 3 aromatic heterocycles. The number of nitrogens with zero attached hydrogens (tertiary/aromatic N) is 6. The molecule has 80 heavy (non-hydrogen) atoms. The van der Waals surface area contributed by atoms with Crippen LogP contribution in [0.5, 0.6) is 0 Å². The monoisotopic (exact) mass is 1040 g/mol. The van der Waals surface area contributed by atoms with Gasteiger partial charge in [-0.05, 0) is 134 Å². The highest BCUT2D eigenvalue weighted by atomic mass is 15.1. The summed E-state index contributed by atoms with van der Waals surface area (Å²) in [6.45, 7) is 27.5. The van der Waals surface area contributed by atoms with Crippen LogP contribution in [0.15, 0.2) is 194 Å². The standard InChI is InChI=1S/C74H68N6/c1-71(2,3)51-31-36-63-58(41-51)59-42-52(72(4,5)6)32-37-64(59)79(63)62-35-30-50(47-28-26-46(45-75)27-29-47)40-57(62)55-24-19-25-56(70-77-68(48-20-15-13-16-21-48)76-69(78-70)49-22-17-14-18-23-49)67(55)80-65-38-33-53(73(7,8)9)43-60(65)61-44-54(74(10,11)12)34-39-66(61)80/h13-44H,1-12H3. The summed E-state index contributed by atoms with van der Waals surface area (Å²) in [5, 5.41) is 14.7. The van der Waals surface area contributed by atoms with Gasteiger partial charge in [-0.2, -0.15) is 5.26 Å². The maximum Gasteiger partial charge on any atom is 0.166 e. The molecule has 9 aromatic carbocycles. The molecule has 0 atom stereocenters. The number of benzene rings is 9. The van der Waals surface area contributed by atoms with Gasteiger partial charge in [0.05, 0.1) is 45.1 Å². The molecule has 0 saturated heterocycles. The van der Waals surface area contributed by atoms with Crippen LogP contribution in [0.25, 0.3) is 111 Å². The smallest absolute Gasteiger partial charge is 0.166 e. The molecule has 12 rings (SSSR count). The second-order valence-electron chi connectivity index (χ2n) is 25.8. The summed E-state index contributed by atoms with van der Waals surface area (Å²) in [5.74, 6) is 1.75. The van der Waals surface area contributed by atoms with Gasteiger partial charge in [0.15, 0.2) is 17.5 Å². The average molecular weight is 1040 g/mol. The van der Waals surface area contributed by atoms with E-state index in [9.17, 15) is 5.26 Å². The van der Waals surface area contributed by atoms with Crippen molar-refractivity contribution in [2.45, 2.75) is 105 Å². The van der Waals surface area contributed by atoms with Crippen molar-refractivity contribution in [2.75, 3.05) is 0 Å². The molecule has 12 aromatic rings. The van der Waals surface area contributed by atoms with E-state index in [-0.39, 0.29) is 21.7 Å². The van der Waals surface area contributed by atoms with Gasteiger partial charge in [-0.1, -0.05) is 198 Å². The van der Waals surface area contributed by atoms with Crippen molar-refractivity contribution in [1.29, 1.82) is 5.26 Å². The van der Waals surface area contributed by atoms with Gasteiger partial charge in [-0.25, -0.2) is 15.0 Å². The lowest BCUT2D eigenvalue weighted by Crippen LogP contribution is -2.10. The van der Waals surface area contributed by atoms with E-state index in [0.717, 1.165) is 72.4 Å². The molecule has 6 heteroatoms. The maximum absolute atomic E-state index is 9.93. The van der Waals surface area contributed by atoms with Crippen LogP contribution >= 0.6 is 0 Å². The molecule has 0 saturated carbocycles. The van der Waals surface area contributed by atoms with E-state index >= 15 is 0 Å². The molecule has 0 N–H and O–H groups in total. The molecule has 0 unspecified atom stereocenters. The van der Waals surface area contributed by atoms with E-state index in [1.54, 1.807) is 0 Å². The van der Waals surface area contributed by atoms with Crippen molar-refractivity contribution in [3.63, 3.8) is 0 Å². The number of aromatic nitrogens is 5. The number of hydrogen-bond donors (Lipinski definition) is 0. The average Bonchev–Trinajstić information content (AvgIpc) is 4.10. The lowest BCUT2D eigenvalue weighted by Gasteiger charge is -2.23. The van der Waals surface area contributed by atoms with Crippen LogP contribution < -0.4 is 0 Å². The van der Waals surface area contributed by atoms with Gasteiger partial charge in [0, 0.05) is 49.4 Å². The first kappa shape index (κ1) is 51.8. The van der Waals surface area contributed by atoms with E-state index in [1.165, 1.54) is 43.8 Å². The highest BCUT2D eigenvalue weighted by molar-refractivity contribution is 6.13. The van der Waals surface area contributed by atoms with Gasteiger partial charge in [-0.3, -0.25) is 0 Å². The zero-order chi connectivity index (χ0) is 56.0. The third-order valence-corrected chi connectivity index (χ3v) is 16.1. The zero-order valence-electron chi connectivity index (χ0n) is 48.2. The minimum Gasteiger partial charge on any atom is -0.309 e. The summed E-state index contributed by atoms with van der Waals surface area (Å²) >= 11 is 0. The van der Waals surface area contributed by atoms with E-state index in [0.29, 0.717) is 23.0 Å². The Morgan fingerprint density at radius 1 is 0.325 bits per heavy atom. The van der Waals surface area contributed by atoms with Crippen LogP contribution in [0.4, 0.5) is 0 Å². The quantitative estimate of drug-likeness (QED) is 0.159. The topological polar surface area (TPSA) is 72.3 Å². The van der Waals surface area contributed by atoms with Gasteiger partial charge >= 0.3 is 0 Å². The number of para-hydroxylation sites is 1. The van der Waals surface area contributed by atoms with Crippen molar-refractivity contribution >= 4 is 43.6 Å². The zero-order valence-corrected chi connectivity index (χ0v) is 48.2. The molecular weight excluding hydrogens is 973 g/mol. The van der Waals surface area contributed by atoms with E-state index in [2.05, 4.69) is 244 Å². The van der Waals surface area contributed by atoms with Crippen molar-refractivity contribution in [3.05, 3.63) is 222 Å². The van der Waals surface area contributed by atoms with Crippen LogP contribution in [0.3, 0.4) is 0 Å². The predicted molar refractivity (Wildman–Crippen MR) is 335 cm³/mol. The minimum absolute atomic E-state index is 0.0626. The van der Waals surface area contributed by atoms with E-state index in [4.69, 9.17) is 15.0 Å². The molecule has 6 nitrogen and oxygen atoms in total. The molecule has 3 heterocycles. The third-order valence-electron chi connectivity index (χ3n) is 16.1. The molecule has 0 aliphatic carbocycles. The Hall–Kier alpha value is -8.92. The summed E-state index contributed by atoms with van der Waals surface area (Å²) in [5.41, 5.74) is 18.6. The normalized spacial score (nSPS) is 12.5.